The predicted molar refractivity (Wildman–Crippen MR) is 42.6 cm³/mol. The molecule has 0 unspecified atom stereocenters. The predicted octanol–water partition coefficient (Wildman–Crippen LogP) is 3.40. The minimum absolute atomic E-state index is 0. The largest absolute Gasteiger partial charge is 0.677 e. The van der Waals surface area contributed by atoms with Gasteiger partial charge >= 0.3 is 0 Å². The van der Waals surface area contributed by atoms with Crippen molar-refractivity contribution in [2.75, 3.05) is 6.54 Å². The van der Waals surface area contributed by atoms with Crippen molar-refractivity contribution in [3.63, 3.8) is 0 Å². The molecule has 2 heteroatoms. The third-order valence-corrected chi connectivity index (χ3v) is 1.53. The maximum Gasteiger partial charge on any atom is 0 e. The van der Waals surface area contributed by atoms with Gasteiger partial charge in [0.2, 0.25) is 0 Å². The minimum Gasteiger partial charge on any atom is -0.677 e. The monoisotopic (exact) mass is 192 g/mol. The molecular formula is C8H18NZn-. The molecule has 0 spiro atoms. The fourth-order valence-corrected chi connectivity index (χ4v) is 0.905. The van der Waals surface area contributed by atoms with Crippen LogP contribution >= 0.6 is 0 Å². The van der Waals surface area contributed by atoms with Gasteiger partial charge in [-0.05, 0) is 0 Å². The second-order valence-electron chi connectivity index (χ2n) is 2.52. The summed E-state index contributed by atoms with van der Waals surface area (Å²) >= 11 is 0. The van der Waals surface area contributed by atoms with Gasteiger partial charge in [-0.1, -0.05) is 45.4 Å². The Morgan fingerprint density at radius 1 is 0.900 bits per heavy atom. The van der Waals surface area contributed by atoms with Crippen LogP contribution in [-0.4, -0.2) is 6.54 Å². The summed E-state index contributed by atoms with van der Waals surface area (Å²) in [5.74, 6) is 0. The molecule has 0 aliphatic carbocycles. The first-order valence-corrected chi connectivity index (χ1v) is 4.06. The summed E-state index contributed by atoms with van der Waals surface area (Å²) in [5.41, 5.74) is 6.88. The zero-order chi connectivity index (χ0) is 6.95. The van der Waals surface area contributed by atoms with Crippen LogP contribution in [0.15, 0.2) is 0 Å². The van der Waals surface area contributed by atoms with E-state index in [1.54, 1.807) is 0 Å². The molecule has 0 atom stereocenters. The molecule has 0 aromatic rings. The molecule has 0 bridgehead atoms. The molecule has 0 rings (SSSR count). The van der Waals surface area contributed by atoms with E-state index in [1.807, 2.05) is 0 Å². The summed E-state index contributed by atoms with van der Waals surface area (Å²) in [7, 11) is 0. The van der Waals surface area contributed by atoms with E-state index in [4.69, 9.17) is 5.73 Å². The molecule has 0 aliphatic heterocycles. The van der Waals surface area contributed by atoms with Gasteiger partial charge in [0.25, 0.3) is 0 Å². The molecule has 1 nitrogen and oxygen atoms in total. The molecule has 10 heavy (non-hydrogen) atoms. The topological polar surface area (TPSA) is 23.8 Å². The van der Waals surface area contributed by atoms with E-state index in [0.717, 1.165) is 6.42 Å². The Hall–Kier alpha value is 0.583. The summed E-state index contributed by atoms with van der Waals surface area (Å²) in [6.45, 7) is 2.84. The third kappa shape index (κ3) is 11.4. The van der Waals surface area contributed by atoms with Crippen LogP contribution < -0.4 is 0 Å². The standard InChI is InChI=1S/C8H18N.Zn/c1-2-3-4-5-6-7-8-9;/h9H,2-8H2,1H3;/q-1;. The number of rotatable bonds is 6. The van der Waals surface area contributed by atoms with Gasteiger partial charge < -0.3 is 5.73 Å². The Labute approximate surface area is 77.5 Å². The van der Waals surface area contributed by atoms with Gasteiger partial charge in [0, 0.05) is 19.5 Å². The number of hydrogen-bond donors (Lipinski definition) is 0. The number of nitrogens with one attached hydrogen (secondary N) is 1. The van der Waals surface area contributed by atoms with Crippen LogP contribution in [-0.2, 0) is 19.5 Å². The smallest absolute Gasteiger partial charge is 0 e. The average molecular weight is 194 g/mol. The number of unbranched alkanes of at least 4 members (excludes halogenated alkanes) is 5. The molecular weight excluding hydrogens is 175 g/mol. The molecule has 0 fully saturated rings. The van der Waals surface area contributed by atoms with E-state index in [-0.39, 0.29) is 19.5 Å². The van der Waals surface area contributed by atoms with Crippen molar-refractivity contribution in [3.05, 3.63) is 5.73 Å². The van der Waals surface area contributed by atoms with E-state index in [1.165, 1.54) is 32.1 Å². The van der Waals surface area contributed by atoms with E-state index < -0.39 is 0 Å². The Morgan fingerprint density at radius 3 is 1.90 bits per heavy atom. The molecule has 0 aliphatic rings. The Morgan fingerprint density at radius 2 is 1.40 bits per heavy atom. The van der Waals surface area contributed by atoms with Crippen molar-refractivity contribution in [1.82, 2.24) is 0 Å². The number of hydrogen-bond acceptors (Lipinski definition) is 0. The summed E-state index contributed by atoms with van der Waals surface area (Å²) < 4.78 is 0. The second kappa shape index (κ2) is 12.3. The first-order valence-electron chi connectivity index (χ1n) is 4.06. The molecule has 1 N–H and O–H groups in total. The summed E-state index contributed by atoms with van der Waals surface area (Å²) in [6.07, 6.45) is 7.77. The molecule has 0 heterocycles. The zero-order valence-electron chi connectivity index (χ0n) is 7.16. The first-order chi connectivity index (χ1) is 4.41. The SMILES string of the molecule is CCCCCCCC[NH-].[Zn]. The normalized spacial score (nSPS) is 9.00. The van der Waals surface area contributed by atoms with Crippen LogP contribution in [0.5, 0.6) is 0 Å². The maximum atomic E-state index is 6.88. The van der Waals surface area contributed by atoms with E-state index in [2.05, 4.69) is 6.92 Å². The van der Waals surface area contributed by atoms with Crippen LogP contribution in [0, 0.1) is 0 Å². The minimum atomic E-state index is 0. The second-order valence-corrected chi connectivity index (χ2v) is 2.52. The summed E-state index contributed by atoms with van der Waals surface area (Å²) in [4.78, 5) is 0. The van der Waals surface area contributed by atoms with Gasteiger partial charge in [-0.15, -0.1) is 0 Å². The Kier molecular flexibility index (Phi) is 16.2. The average Bonchev–Trinajstić information content (AvgIpc) is 1.89. The summed E-state index contributed by atoms with van der Waals surface area (Å²) in [5, 5.41) is 0. The van der Waals surface area contributed by atoms with Crippen LogP contribution in [0.25, 0.3) is 5.73 Å². The van der Waals surface area contributed by atoms with Gasteiger partial charge in [-0.25, -0.2) is 0 Å². The Bertz CT molecular complexity index is 42.5. The van der Waals surface area contributed by atoms with Gasteiger partial charge in [0.05, 0.1) is 0 Å². The van der Waals surface area contributed by atoms with Crippen molar-refractivity contribution in [2.24, 2.45) is 0 Å². The van der Waals surface area contributed by atoms with Crippen LogP contribution in [0.1, 0.15) is 45.4 Å². The van der Waals surface area contributed by atoms with Gasteiger partial charge in [0.15, 0.2) is 0 Å². The van der Waals surface area contributed by atoms with Gasteiger partial charge in [-0.3, -0.25) is 0 Å². The quantitative estimate of drug-likeness (QED) is 0.456. The molecule has 0 aromatic carbocycles. The van der Waals surface area contributed by atoms with Gasteiger partial charge in [-0.2, -0.15) is 6.54 Å². The van der Waals surface area contributed by atoms with Crippen molar-refractivity contribution >= 4 is 0 Å². The van der Waals surface area contributed by atoms with Crippen molar-refractivity contribution in [3.8, 4) is 0 Å². The van der Waals surface area contributed by atoms with Crippen LogP contribution in [0.4, 0.5) is 0 Å². The molecule has 0 radical (unpaired) electrons. The zero-order valence-corrected chi connectivity index (χ0v) is 10.1. The summed E-state index contributed by atoms with van der Waals surface area (Å²) in [6, 6.07) is 0. The Balaban J connectivity index is 0. The molecule has 0 aromatic heterocycles. The fourth-order valence-electron chi connectivity index (χ4n) is 0.905. The maximum absolute atomic E-state index is 6.88. The van der Waals surface area contributed by atoms with Gasteiger partial charge in [0.1, 0.15) is 0 Å². The molecule has 0 saturated carbocycles. The third-order valence-electron chi connectivity index (χ3n) is 1.53. The first kappa shape index (κ1) is 13.2. The van der Waals surface area contributed by atoms with Crippen LogP contribution in [0.3, 0.4) is 0 Å². The molecule has 0 amide bonds. The van der Waals surface area contributed by atoms with E-state index >= 15 is 0 Å². The van der Waals surface area contributed by atoms with Crippen LogP contribution in [0.2, 0.25) is 0 Å². The fraction of sp³-hybridized carbons (Fsp3) is 1.00. The molecule has 0 saturated heterocycles. The van der Waals surface area contributed by atoms with E-state index in [9.17, 15) is 0 Å². The van der Waals surface area contributed by atoms with E-state index in [0.29, 0.717) is 6.54 Å². The van der Waals surface area contributed by atoms with Crippen molar-refractivity contribution in [2.45, 2.75) is 45.4 Å². The van der Waals surface area contributed by atoms with Crippen molar-refractivity contribution in [1.29, 1.82) is 0 Å². The van der Waals surface area contributed by atoms with Crippen molar-refractivity contribution < 1.29 is 19.5 Å². The molecule has 58 valence electrons.